The third kappa shape index (κ3) is 2.92. The minimum absolute atomic E-state index is 0.0885. The zero-order valence-electron chi connectivity index (χ0n) is 15.1. The Morgan fingerprint density at radius 2 is 1.62 bits per heavy atom. The predicted molar refractivity (Wildman–Crippen MR) is 119 cm³/mol. The zero-order valence-corrected chi connectivity index (χ0v) is 17.4. The van der Waals surface area contributed by atoms with Gasteiger partial charge in [0.2, 0.25) is 4.87 Å². The summed E-state index contributed by atoms with van der Waals surface area (Å²) < 4.78 is 0. The van der Waals surface area contributed by atoms with Gasteiger partial charge in [0.05, 0.1) is 12.2 Å². The molecule has 1 spiro atoms. The van der Waals surface area contributed by atoms with Gasteiger partial charge in [-0.05, 0) is 18.2 Å². The van der Waals surface area contributed by atoms with Crippen molar-refractivity contribution in [1.29, 1.82) is 0 Å². The monoisotopic (exact) mass is 439 g/mol. The van der Waals surface area contributed by atoms with Crippen LogP contribution in [0.3, 0.4) is 0 Å². The molecule has 3 aromatic carbocycles. The highest BCUT2D eigenvalue weighted by Crippen LogP contribution is 2.51. The van der Waals surface area contributed by atoms with E-state index in [2.05, 4.69) is 10.5 Å². The fourth-order valence-corrected chi connectivity index (χ4v) is 5.37. The van der Waals surface area contributed by atoms with Gasteiger partial charge in [0.1, 0.15) is 5.04 Å². The van der Waals surface area contributed by atoms with E-state index >= 15 is 0 Å². The van der Waals surface area contributed by atoms with Crippen molar-refractivity contribution >= 4 is 51.6 Å². The molecule has 2 aliphatic rings. The van der Waals surface area contributed by atoms with Crippen molar-refractivity contribution in [2.24, 2.45) is 5.10 Å². The molecule has 0 aliphatic carbocycles. The van der Waals surface area contributed by atoms with Crippen LogP contribution in [0.4, 0.5) is 5.69 Å². The topological polar surface area (TPSA) is 44.7 Å². The van der Waals surface area contributed by atoms with Crippen LogP contribution in [0, 0.1) is 0 Å². The van der Waals surface area contributed by atoms with Gasteiger partial charge in [-0.1, -0.05) is 89.6 Å². The maximum Gasteiger partial charge on any atom is 0.270 e. The van der Waals surface area contributed by atoms with Crippen molar-refractivity contribution in [3.8, 4) is 0 Å². The number of nitrogens with one attached hydrogen (secondary N) is 1. The molecule has 1 unspecified atom stereocenters. The highest BCUT2D eigenvalue weighted by molar-refractivity contribution is 8.16. The quantitative estimate of drug-likeness (QED) is 0.594. The molecule has 4 nitrogen and oxygen atoms in total. The van der Waals surface area contributed by atoms with Gasteiger partial charge >= 0.3 is 0 Å². The van der Waals surface area contributed by atoms with Crippen LogP contribution in [0.2, 0.25) is 10.0 Å². The Morgan fingerprint density at radius 3 is 2.38 bits per heavy atom. The molecule has 0 fully saturated rings. The van der Waals surface area contributed by atoms with E-state index in [-0.39, 0.29) is 5.91 Å². The van der Waals surface area contributed by atoms with Crippen LogP contribution in [0.15, 0.2) is 77.9 Å². The molecule has 0 saturated heterocycles. The van der Waals surface area contributed by atoms with Gasteiger partial charge in [0, 0.05) is 26.7 Å². The molecule has 3 aromatic rings. The predicted octanol–water partition coefficient (Wildman–Crippen LogP) is 5.39. The van der Waals surface area contributed by atoms with Gasteiger partial charge < -0.3 is 4.90 Å². The van der Waals surface area contributed by atoms with E-state index in [9.17, 15) is 4.79 Å². The second-order valence-electron chi connectivity index (χ2n) is 6.79. The first kappa shape index (κ1) is 18.6. The Hall–Kier alpha value is -2.47. The summed E-state index contributed by atoms with van der Waals surface area (Å²) in [6, 6.07) is 23.0. The SMILES string of the molecule is O=C1N(Cc2c(Cl)cccc2Cl)c2ccccc2C12NN=C(c1ccccc1)S2. The van der Waals surface area contributed by atoms with E-state index in [1.54, 1.807) is 23.1 Å². The molecule has 29 heavy (non-hydrogen) atoms. The van der Waals surface area contributed by atoms with Crippen LogP contribution in [0.25, 0.3) is 0 Å². The maximum atomic E-state index is 13.7. The number of carbonyl (C=O) groups is 1. The molecular formula is C22H15Cl2N3OS. The van der Waals surface area contributed by atoms with Crippen molar-refractivity contribution in [1.82, 2.24) is 5.43 Å². The average molecular weight is 440 g/mol. The van der Waals surface area contributed by atoms with Crippen molar-refractivity contribution in [3.05, 3.63) is 99.5 Å². The molecule has 144 valence electrons. The van der Waals surface area contributed by atoms with E-state index in [0.717, 1.165) is 27.4 Å². The Kier molecular flexibility index (Phi) is 4.54. The lowest BCUT2D eigenvalue weighted by Gasteiger charge is -2.23. The number of benzene rings is 3. The number of fused-ring (bicyclic) bond motifs is 2. The lowest BCUT2D eigenvalue weighted by Crippen LogP contribution is -2.44. The molecule has 2 heterocycles. The number of hydrazone groups is 1. The molecule has 0 aromatic heterocycles. The number of halogens is 2. The first-order chi connectivity index (χ1) is 14.1. The Bertz CT molecular complexity index is 1130. The van der Waals surface area contributed by atoms with E-state index in [1.807, 2.05) is 54.6 Å². The van der Waals surface area contributed by atoms with Gasteiger partial charge in [0.25, 0.3) is 5.91 Å². The zero-order chi connectivity index (χ0) is 20.0. The largest absolute Gasteiger partial charge is 0.304 e. The lowest BCUT2D eigenvalue weighted by atomic mass is 10.1. The van der Waals surface area contributed by atoms with Crippen molar-refractivity contribution < 1.29 is 4.79 Å². The standard InChI is InChI=1S/C22H15Cl2N3OS/c23-17-10-6-11-18(24)15(17)13-27-19-12-5-4-9-16(19)22(21(27)28)26-25-20(29-22)14-7-2-1-3-8-14/h1-12,26H,13H2. The van der Waals surface area contributed by atoms with Crippen molar-refractivity contribution in [2.75, 3.05) is 4.90 Å². The highest BCUT2D eigenvalue weighted by atomic mass is 35.5. The number of hydrogen-bond donors (Lipinski definition) is 1. The van der Waals surface area contributed by atoms with Crippen LogP contribution in [0.1, 0.15) is 16.7 Å². The summed E-state index contributed by atoms with van der Waals surface area (Å²) in [4.78, 5) is 14.4. The molecular weight excluding hydrogens is 425 g/mol. The third-order valence-electron chi connectivity index (χ3n) is 5.08. The fourth-order valence-electron chi connectivity index (χ4n) is 3.65. The first-order valence-corrected chi connectivity index (χ1v) is 10.6. The molecule has 7 heteroatoms. The first-order valence-electron chi connectivity index (χ1n) is 9.04. The Balaban J connectivity index is 1.54. The maximum absolute atomic E-state index is 13.7. The summed E-state index contributed by atoms with van der Waals surface area (Å²) >= 11 is 14.2. The smallest absolute Gasteiger partial charge is 0.270 e. The number of amides is 1. The average Bonchev–Trinajstić information content (AvgIpc) is 3.29. The molecule has 5 rings (SSSR count). The minimum Gasteiger partial charge on any atom is -0.304 e. The summed E-state index contributed by atoms with van der Waals surface area (Å²) in [6.07, 6.45) is 0. The van der Waals surface area contributed by atoms with E-state index in [0.29, 0.717) is 16.6 Å². The van der Waals surface area contributed by atoms with Crippen LogP contribution in [0.5, 0.6) is 0 Å². The Labute approximate surface area is 182 Å². The molecule has 1 N–H and O–H groups in total. The summed E-state index contributed by atoms with van der Waals surface area (Å²) in [5.74, 6) is -0.0885. The van der Waals surface area contributed by atoms with Gasteiger partial charge in [-0.3, -0.25) is 10.2 Å². The van der Waals surface area contributed by atoms with Gasteiger partial charge in [-0.15, -0.1) is 0 Å². The molecule has 0 saturated carbocycles. The van der Waals surface area contributed by atoms with Crippen molar-refractivity contribution in [3.63, 3.8) is 0 Å². The highest BCUT2D eigenvalue weighted by Gasteiger charge is 2.55. The second kappa shape index (κ2) is 7.10. The van der Waals surface area contributed by atoms with Crippen LogP contribution < -0.4 is 10.3 Å². The number of rotatable bonds is 3. The number of carbonyl (C=O) groups excluding carboxylic acids is 1. The summed E-state index contributed by atoms with van der Waals surface area (Å²) in [5.41, 5.74) is 6.54. The normalized spacial score (nSPS) is 20.0. The Morgan fingerprint density at radius 1 is 0.931 bits per heavy atom. The molecule has 0 bridgehead atoms. The molecule has 2 aliphatic heterocycles. The van der Waals surface area contributed by atoms with Gasteiger partial charge in [0.15, 0.2) is 0 Å². The lowest BCUT2D eigenvalue weighted by molar-refractivity contribution is -0.121. The van der Waals surface area contributed by atoms with E-state index < -0.39 is 4.87 Å². The fraction of sp³-hybridized carbons (Fsp3) is 0.0909. The number of para-hydroxylation sites is 1. The number of hydrogen-bond acceptors (Lipinski definition) is 4. The number of nitrogens with zero attached hydrogens (tertiary/aromatic N) is 2. The van der Waals surface area contributed by atoms with Crippen LogP contribution in [-0.4, -0.2) is 11.0 Å². The summed E-state index contributed by atoms with van der Waals surface area (Å²) in [6.45, 7) is 0.291. The van der Waals surface area contributed by atoms with Gasteiger partial charge in [-0.25, -0.2) is 0 Å². The number of anilines is 1. The van der Waals surface area contributed by atoms with Crippen LogP contribution >= 0.6 is 35.0 Å². The van der Waals surface area contributed by atoms with E-state index in [1.165, 1.54) is 11.8 Å². The van der Waals surface area contributed by atoms with E-state index in [4.69, 9.17) is 23.2 Å². The second-order valence-corrected chi connectivity index (χ2v) is 8.80. The minimum atomic E-state index is -0.991. The third-order valence-corrected chi connectivity index (χ3v) is 7.10. The van der Waals surface area contributed by atoms with Crippen molar-refractivity contribution in [2.45, 2.75) is 11.4 Å². The molecule has 1 atom stereocenters. The van der Waals surface area contributed by atoms with Gasteiger partial charge in [-0.2, -0.15) is 5.10 Å². The number of thioether (sulfide) groups is 1. The van der Waals surface area contributed by atoms with Crippen LogP contribution in [-0.2, 0) is 16.2 Å². The summed E-state index contributed by atoms with van der Waals surface area (Å²) in [5, 5.41) is 6.36. The molecule has 1 amide bonds. The molecule has 0 radical (unpaired) electrons. The summed E-state index contributed by atoms with van der Waals surface area (Å²) in [7, 11) is 0.